The van der Waals surface area contributed by atoms with E-state index in [1.165, 1.54) is 17.5 Å². The maximum atomic E-state index is 13.0. The van der Waals surface area contributed by atoms with Gasteiger partial charge in [0.2, 0.25) is 10.0 Å². The van der Waals surface area contributed by atoms with Crippen LogP contribution in [0.3, 0.4) is 0 Å². The van der Waals surface area contributed by atoms with Crippen LogP contribution in [0.1, 0.15) is 35.7 Å². The van der Waals surface area contributed by atoms with Crippen molar-refractivity contribution in [3.8, 4) is 0 Å². The summed E-state index contributed by atoms with van der Waals surface area (Å²) >= 11 is 0. The lowest BCUT2D eigenvalue weighted by Gasteiger charge is -2.35. The first-order valence-corrected chi connectivity index (χ1v) is 11.6. The maximum absolute atomic E-state index is 13.0. The fraction of sp³-hybridized carbons (Fsp3) is 0.524. The van der Waals surface area contributed by atoms with E-state index in [-0.39, 0.29) is 6.04 Å². The highest BCUT2D eigenvalue weighted by Gasteiger charge is 2.27. The second kappa shape index (κ2) is 8.37. The number of rotatable bonds is 6. The molecule has 2 aliphatic rings. The van der Waals surface area contributed by atoms with Crippen molar-refractivity contribution in [1.82, 2.24) is 14.2 Å². The Hall–Kier alpha value is -1.67. The summed E-state index contributed by atoms with van der Waals surface area (Å²) in [6.07, 6.45) is 6.35. The Labute approximate surface area is 167 Å². The van der Waals surface area contributed by atoms with E-state index in [0.29, 0.717) is 24.7 Å². The second-order valence-corrected chi connectivity index (χ2v) is 9.46. The van der Waals surface area contributed by atoms with Gasteiger partial charge >= 0.3 is 0 Å². The molecule has 6 nitrogen and oxygen atoms in total. The third-order valence-electron chi connectivity index (χ3n) is 5.91. The van der Waals surface area contributed by atoms with Crippen LogP contribution in [0.5, 0.6) is 0 Å². The zero-order valence-electron chi connectivity index (χ0n) is 16.4. The molecule has 1 aliphatic heterocycles. The van der Waals surface area contributed by atoms with Crippen LogP contribution in [-0.4, -0.2) is 50.7 Å². The standard InChI is InChI=1S/C21H29N3O3S/c1-23-10-4-7-20(23)21(24-11-13-27-14-12-24)16-22-28(25,26)19-9-8-17-5-2-3-6-18(17)15-19/h4,7-10,15,21-22H,2-3,5-6,11-14,16H2,1H3/t21-/m0/s1. The first-order chi connectivity index (χ1) is 13.5. The molecule has 1 aliphatic carbocycles. The van der Waals surface area contributed by atoms with Crippen LogP contribution in [0.2, 0.25) is 0 Å². The maximum Gasteiger partial charge on any atom is 0.240 e. The Morgan fingerprint density at radius 2 is 1.86 bits per heavy atom. The van der Waals surface area contributed by atoms with Gasteiger partial charge in [-0.25, -0.2) is 13.1 Å². The third-order valence-corrected chi connectivity index (χ3v) is 7.33. The van der Waals surface area contributed by atoms with Crippen molar-refractivity contribution in [2.24, 2.45) is 7.05 Å². The van der Waals surface area contributed by atoms with Crippen molar-refractivity contribution >= 4 is 10.0 Å². The number of fused-ring (bicyclic) bond motifs is 1. The summed E-state index contributed by atoms with van der Waals surface area (Å²) in [7, 11) is -1.55. The van der Waals surface area contributed by atoms with Crippen LogP contribution in [0.15, 0.2) is 41.4 Å². The van der Waals surface area contributed by atoms with Crippen LogP contribution in [0.25, 0.3) is 0 Å². The van der Waals surface area contributed by atoms with Gasteiger partial charge in [0.05, 0.1) is 24.2 Å². The average Bonchev–Trinajstić information content (AvgIpc) is 3.14. The highest BCUT2D eigenvalue weighted by Crippen LogP contribution is 2.25. The molecule has 2 heterocycles. The summed E-state index contributed by atoms with van der Waals surface area (Å²) in [4.78, 5) is 2.68. The van der Waals surface area contributed by atoms with E-state index in [1.54, 1.807) is 6.07 Å². The lowest BCUT2D eigenvalue weighted by atomic mass is 9.92. The largest absolute Gasteiger partial charge is 0.379 e. The predicted octanol–water partition coefficient (Wildman–Crippen LogP) is 2.26. The highest BCUT2D eigenvalue weighted by atomic mass is 32.2. The van der Waals surface area contributed by atoms with Crippen LogP contribution < -0.4 is 4.72 Å². The number of hydrogen-bond acceptors (Lipinski definition) is 4. The van der Waals surface area contributed by atoms with E-state index in [1.807, 2.05) is 31.4 Å². The molecule has 0 saturated carbocycles. The first-order valence-electron chi connectivity index (χ1n) is 10.1. The second-order valence-electron chi connectivity index (χ2n) is 7.70. The molecule has 1 fully saturated rings. The summed E-state index contributed by atoms with van der Waals surface area (Å²) < 4.78 is 36.4. The first kappa shape index (κ1) is 19.6. The number of aromatic nitrogens is 1. The minimum absolute atomic E-state index is 0.0173. The molecule has 1 saturated heterocycles. The lowest BCUT2D eigenvalue weighted by molar-refractivity contribution is 0.0158. The fourth-order valence-corrected chi connectivity index (χ4v) is 5.37. The average molecular weight is 404 g/mol. The Morgan fingerprint density at radius 3 is 2.57 bits per heavy atom. The number of aryl methyl sites for hydroxylation is 3. The van der Waals surface area contributed by atoms with Crippen molar-refractivity contribution < 1.29 is 13.2 Å². The van der Waals surface area contributed by atoms with Gasteiger partial charge in [-0.3, -0.25) is 4.90 Å². The normalized spacial score (nSPS) is 19.3. The van der Waals surface area contributed by atoms with Gasteiger partial charge in [0.1, 0.15) is 0 Å². The summed E-state index contributed by atoms with van der Waals surface area (Å²) in [5, 5.41) is 0. The Balaban J connectivity index is 1.53. The van der Waals surface area contributed by atoms with Crippen LogP contribution >= 0.6 is 0 Å². The van der Waals surface area contributed by atoms with Gasteiger partial charge in [-0.05, 0) is 61.1 Å². The molecule has 7 heteroatoms. The molecule has 0 radical (unpaired) electrons. The fourth-order valence-electron chi connectivity index (χ4n) is 4.28. The van der Waals surface area contributed by atoms with Gasteiger partial charge in [0.25, 0.3) is 0 Å². The Bertz CT molecular complexity index is 917. The third kappa shape index (κ3) is 4.17. The zero-order valence-corrected chi connectivity index (χ0v) is 17.2. The Morgan fingerprint density at radius 1 is 1.11 bits per heavy atom. The highest BCUT2D eigenvalue weighted by molar-refractivity contribution is 7.89. The number of nitrogens with zero attached hydrogens (tertiary/aromatic N) is 2. The molecule has 2 aromatic rings. The Kier molecular flexibility index (Phi) is 5.87. The summed E-state index contributed by atoms with van der Waals surface area (Å²) in [5.41, 5.74) is 3.58. The van der Waals surface area contributed by atoms with E-state index in [2.05, 4.69) is 20.3 Å². The van der Waals surface area contributed by atoms with Gasteiger partial charge in [-0.1, -0.05) is 6.07 Å². The van der Waals surface area contributed by atoms with E-state index < -0.39 is 10.0 Å². The summed E-state index contributed by atoms with van der Waals surface area (Å²) in [6.45, 7) is 3.31. The molecular formula is C21H29N3O3S. The van der Waals surface area contributed by atoms with Gasteiger partial charge in [0, 0.05) is 38.6 Å². The number of sulfonamides is 1. The predicted molar refractivity (Wildman–Crippen MR) is 109 cm³/mol. The molecular weight excluding hydrogens is 374 g/mol. The SMILES string of the molecule is Cn1cccc1[C@H](CNS(=O)(=O)c1ccc2c(c1)CCCC2)N1CCOCC1. The molecule has 0 bridgehead atoms. The topological polar surface area (TPSA) is 63.6 Å². The lowest BCUT2D eigenvalue weighted by Crippen LogP contribution is -2.44. The number of hydrogen-bond donors (Lipinski definition) is 1. The van der Waals surface area contributed by atoms with Crippen molar-refractivity contribution in [3.05, 3.63) is 53.3 Å². The number of morpholine rings is 1. The van der Waals surface area contributed by atoms with E-state index in [4.69, 9.17) is 4.74 Å². The minimum Gasteiger partial charge on any atom is -0.379 e. The van der Waals surface area contributed by atoms with Crippen LogP contribution in [0.4, 0.5) is 0 Å². The van der Waals surface area contributed by atoms with Crippen LogP contribution in [-0.2, 0) is 34.6 Å². The molecule has 0 unspecified atom stereocenters. The number of benzene rings is 1. The molecule has 0 amide bonds. The van der Waals surface area contributed by atoms with Crippen molar-refractivity contribution in [2.45, 2.75) is 36.6 Å². The molecule has 152 valence electrons. The van der Waals surface area contributed by atoms with Gasteiger partial charge in [-0.2, -0.15) is 0 Å². The molecule has 1 aromatic heterocycles. The minimum atomic E-state index is -3.55. The van der Waals surface area contributed by atoms with Crippen molar-refractivity contribution in [2.75, 3.05) is 32.8 Å². The molecule has 28 heavy (non-hydrogen) atoms. The molecule has 1 N–H and O–H groups in total. The van der Waals surface area contributed by atoms with Crippen molar-refractivity contribution in [1.29, 1.82) is 0 Å². The number of ether oxygens (including phenoxy) is 1. The van der Waals surface area contributed by atoms with Crippen molar-refractivity contribution in [3.63, 3.8) is 0 Å². The van der Waals surface area contributed by atoms with Gasteiger partial charge < -0.3 is 9.30 Å². The zero-order chi connectivity index (χ0) is 19.6. The molecule has 1 atom stereocenters. The summed E-state index contributed by atoms with van der Waals surface area (Å²) in [6, 6.07) is 9.65. The van der Waals surface area contributed by atoms with Gasteiger partial charge in [-0.15, -0.1) is 0 Å². The summed E-state index contributed by atoms with van der Waals surface area (Å²) in [5.74, 6) is 0. The quantitative estimate of drug-likeness (QED) is 0.804. The smallest absolute Gasteiger partial charge is 0.240 e. The van der Waals surface area contributed by atoms with Crippen LogP contribution in [0, 0.1) is 0 Å². The van der Waals surface area contributed by atoms with E-state index in [9.17, 15) is 8.42 Å². The molecule has 1 aromatic carbocycles. The monoisotopic (exact) mass is 403 g/mol. The molecule has 4 rings (SSSR count). The van der Waals surface area contributed by atoms with Gasteiger partial charge in [0.15, 0.2) is 0 Å². The van der Waals surface area contributed by atoms with E-state index in [0.717, 1.165) is 38.0 Å². The van der Waals surface area contributed by atoms with E-state index >= 15 is 0 Å². The number of nitrogens with one attached hydrogen (secondary N) is 1. The molecule has 0 spiro atoms.